The lowest BCUT2D eigenvalue weighted by atomic mass is 10.0. The first-order valence-corrected chi connectivity index (χ1v) is 12.1. The van der Waals surface area contributed by atoms with E-state index in [1.54, 1.807) is 24.2 Å². The number of anilines is 1. The highest BCUT2D eigenvalue weighted by molar-refractivity contribution is 8.09. The molecule has 3 heterocycles. The van der Waals surface area contributed by atoms with Crippen molar-refractivity contribution in [1.82, 2.24) is 15.2 Å². The van der Waals surface area contributed by atoms with E-state index in [0.29, 0.717) is 10.7 Å². The van der Waals surface area contributed by atoms with Crippen LogP contribution in [0.1, 0.15) is 12.0 Å². The predicted octanol–water partition coefficient (Wildman–Crippen LogP) is 4.32. The van der Waals surface area contributed by atoms with Gasteiger partial charge in [0.25, 0.3) is 5.91 Å². The molecule has 2 aromatic carbocycles. The molecular formula is C25H21ClN4O3S. The average molecular weight is 493 g/mol. The summed E-state index contributed by atoms with van der Waals surface area (Å²) in [5.74, 6) is -0.492. The molecule has 2 aliphatic heterocycles. The maximum Gasteiger partial charge on any atom is 0.332 e. The molecule has 1 fully saturated rings. The van der Waals surface area contributed by atoms with E-state index in [-0.39, 0.29) is 24.8 Å². The highest BCUT2D eigenvalue weighted by Crippen LogP contribution is 2.47. The molecule has 9 heteroatoms. The number of benzene rings is 2. The van der Waals surface area contributed by atoms with Crippen LogP contribution in [-0.4, -0.2) is 52.6 Å². The number of hydrogen-bond donors (Lipinski definition) is 1. The van der Waals surface area contributed by atoms with Crippen molar-refractivity contribution in [2.45, 2.75) is 17.7 Å². The number of aromatic nitrogens is 1. The zero-order chi connectivity index (χ0) is 23.8. The van der Waals surface area contributed by atoms with Gasteiger partial charge < -0.3 is 10.2 Å². The Balaban J connectivity index is 1.57. The number of nitrogens with zero attached hydrogens (tertiary/aromatic N) is 3. The molecule has 172 valence electrons. The fourth-order valence-corrected chi connectivity index (χ4v) is 5.98. The van der Waals surface area contributed by atoms with Crippen LogP contribution < -0.4 is 10.2 Å². The van der Waals surface area contributed by atoms with Crippen molar-refractivity contribution in [3.05, 3.63) is 77.6 Å². The molecule has 4 amide bonds. The number of hydrogen-bond acceptors (Lipinski definition) is 5. The van der Waals surface area contributed by atoms with E-state index in [9.17, 15) is 14.4 Å². The van der Waals surface area contributed by atoms with Crippen molar-refractivity contribution in [3.8, 4) is 0 Å². The smallest absolute Gasteiger partial charge is 0.332 e. The van der Waals surface area contributed by atoms with Gasteiger partial charge in [0.15, 0.2) is 0 Å². The summed E-state index contributed by atoms with van der Waals surface area (Å²) in [5.41, 5.74) is 1.25. The fourth-order valence-electron chi connectivity index (χ4n) is 4.32. The second-order valence-corrected chi connectivity index (χ2v) is 9.58. The van der Waals surface area contributed by atoms with Gasteiger partial charge in [-0.1, -0.05) is 54.1 Å². The van der Waals surface area contributed by atoms with E-state index >= 15 is 0 Å². The molecule has 2 atom stereocenters. The molecule has 7 nitrogen and oxygen atoms in total. The predicted molar refractivity (Wildman–Crippen MR) is 135 cm³/mol. The van der Waals surface area contributed by atoms with Crippen LogP contribution in [0.3, 0.4) is 0 Å². The highest BCUT2D eigenvalue weighted by Gasteiger charge is 2.50. The zero-order valence-electron chi connectivity index (χ0n) is 18.3. The van der Waals surface area contributed by atoms with Gasteiger partial charge in [-0.2, -0.15) is 0 Å². The third-order valence-corrected chi connectivity index (χ3v) is 7.71. The van der Waals surface area contributed by atoms with Crippen LogP contribution in [0.4, 0.5) is 10.5 Å². The number of carbonyl (C=O) groups is 3. The molecule has 0 spiro atoms. The number of amides is 4. The van der Waals surface area contributed by atoms with Crippen LogP contribution in [-0.2, 0) is 9.59 Å². The highest BCUT2D eigenvalue weighted by atomic mass is 35.5. The summed E-state index contributed by atoms with van der Waals surface area (Å²) >= 11 is 7.81. The Morgan fingerprint density at radius 1 is 1.12 bits per heavy atom. The van der Waals surface area contributed by atoms with Gasteiger partial charge in [-0.25, -0.2) is 9.69 Å². The zero-order valence-corrected chi connectivity index (χ0v) is 19.8. The summed E-state index contributed by atoms with van der Waals surface area (Å²) in [7, 11) is 1.56. The Morgan fingerprint density at radius 3 is 2.68 bits per heavy atom. The first-order chi connectivity index (χ1) is 16.5. The number of rotatable bonds is 5. The van der Waals surface area contributed by atoms with Gasteiger partial charge in [0.2, 0.25) is 5.91 Å². The molecule has 0 bridgehead atoms. The van der Waals surface area contributed by atoms with Crippen molar-refractivity contribution >= 4 is 62.6 Å². The normalized spacial score (nSPS) is 19.9. The molecule has 2 unspecified atom stereocenters. The van der Waals surface area contributed by atoms with Gasteiger partial charge >= 0.3 is 6.03 Å². The van der Waals surface area contributed by atoms with Crippen molar-refractivity contribution in [1.29, 1.82) is 0 Å². The summed E-state index contributed by atoms with van der Waals surface area (Å²) in [6.07, 6.45) is 5.28. The number of halogens is 1. The topological polar surface area (TPSA) is 82.6 Å². The van der Waals surface area contributed by atoms with Crippen LogP contribution >= 0.6 is 23.4 Å². The largest absolute Gasteiger partial charge is 0.359 e. The third-order valence-electron chi connectivity index (χ3n) is 6.03. The van der Waals surface area contributed by atoms with Gasteiger partial charge in [-0.05, 0) is 12.1 Å². The van der Waals surface area contributed by atoms with E-state index in [2.05, 4.69) is 10.3 Å². The molecule has 0 saturated carbocycles. The summed E-state index contributed by atoms with van der Waals surface area (Å²) in [4.78, 5) is 47.4. The van der Waals surface area contributed by atoms with Crippen LogP contribution in [0.25, 0.3) is 15.7 Å². The van der Waals surface area contributed by atoms with Gasteiger partial charge in [0.05, 0.1) is 17.9 Å². The summed E-state index contributed by atoms with van der Waals surface area (Å²) in [5, 5.41) is 4.19. The number of nitrogens with one attached hydrogen (secondary N) is 1. The van der Waals surface area contributed by atoms with Crippen molar-refractivity contribution in [3.63, 3.8) is 0 Å². The van der Waals surface area contributed by atoms with Crippen LogP contribution in [0.15, 0.2) is 67.0 Å². The van der Waals surface area contributed by atoms with Crippen molar-refractivity contribution < 1.29 is 14.4 Å². The number of urea groups is 1. The molecular weight excluding hydrogens is 472 g/mol. The van der Waals surface area contributed by atoms with Crippen molar-refractivity contribution in [2.75, 3.05) is 18.5 Å². The van der Waals surface area contributed by atoms with Gasteiger partial charge in [-0.15, -0.1) is 11.8 Å². The van der Waals surface area contributed by atoms with E-state index in [1.165, 1.54) is 22.9 Å². The Kier molecular flexibility index (Phi) is 6.02. The number of carbonyl (C=O) groups excluding carboxylic acids is 3. The van der Waals surface area contributed by atoms with E-state index < -0.39 is 17.3 Å². The molecule has 34 heavy (non-hydrogen) atoms. The standard InChI is InChI=1S/C25H21ClN4O3S/c1-27-22(31)10-11-29-19-12-21(17-8-4-5-9-18(17)26)34-23(19)24(32)30(25(29)33)20-14-28-13-15-6-2-3-7-16(15)20/h2-9,12-14,19,23H,10-11H2,1H3,(H,27,31). The lowest BCUT2D eigenvalue weighted by molar-refractivity contribution is -0.120. The minimum absolute atomic E-state index is 0.126. The van der Waals surface area contributed by atoms with Crippen LogP contribution in [0.2, 0.25) is 5.02 Å². The first kappa shape index (κ1) is 22.4. The maximum atomic E-state index is 13.7. The molecule has 3 aromatic rings. The Morgan fingerprint density at radius 2 is 1.88 bits per heavy atom. The number of pyridine rings is 1. The van der Waals surface area contributed by atoms with Gasteiger partial charge in [0, 0.05) is 52.5 Å². The number of thioether (sulfide) groups is 1. The van der Waals surface area contributed by atoms with Crippen molar-refractivity contribution in [2.24, 2.45) is 0 Å². The van der Waals surface area contributed by atoms with Gasteiger partial charge in [0.1, 0.15) is 5.25 Å². The Hall–Kier alpha value is -3.36. The lowest BCUT2D eigenvalue weighted by Crippen LogP contribution is -2.62. The fraction of sp³-hybridized carbons (Fsp3) is 0.200. The van der Waals surface area contributed by atoms with E-state index in [4.69, 9.17) is 11.6 Å². The summed E-state index contributed by atoms with van der Waals surface area (Å²) in [6.45, 7) is 0.175. The van der Waals surface area contributed by atoms with E-state index in [1.807, 2.05) is 48.5 Å². The second-order valence-electron chi connectivity index (χ2n) is 7.99. The minimum Gasteiger partial charge on any atom is -0.359 e. The summed E-state index contributed by atoms with van der Waals surface area (Å²) in [6, 6.07) is 14.0. The lowest BCUT2D eigenvalue weighted by Gasteiger charge is -2.41. The first-order valence-electron chi connectivity index (χ1n) is 10.8. The molecule has 0 aliphatic carbocycles. The van der Waals surface area contributed by atoms with E-state index in [0.717, 1.165) is 21.2 Å². The molecule has 1 N–H and O–H groups in total. The number of imide groups is 1. The Bertz CT molecular complexity index is 1340. The molecule has 1 saturated heterocycles. The van der Waals surface area contributed by atoms with Crippen LogP contribution in [0, 0.1) is 0 Å². The van der Waals surface area contributed by atoms with Gasteiger partial charge in [-0.3, -0.25) is 14.6 Å². The van der Waals surface area contributed by atoms with Crippen LogP contribution in [0.5, 0.6) is 0 Å². The minimum atomic E-state index is -0.562. The monoisotopic (exact) mass is 492 g/mol. The quantitative estimate of drug-likeness (QED) is 0.573. The SMILES string of the molecule is CNC(=O)CCN1C(=O)N(c2cncc3ccccc23)C(=O)C2SC(c3ccccc3Cl)=CC21. The molecule has 0 radical (unpaired) electrons. The molecule has 5 rings (SSSR count). The molecule has 2 aliphatic rings. The molecule has 1 aromatic heterocycles. The average Bonchev–Trinajstić information content (AvgIpc) is 3.29. The second kappa shape index (κ2) is 9.12. The Labute approximate surface area is 205 Å². The number of fused-ring (bicyclic) bond motifs is 2. The third kappa shape index (κ3) is 3.82. The summed E-state index contributed by atoms with van der Waals surface area (Å²) < 4.78 is 0. The maximum absolute atomic E-state index is 13.7.